The zero-order valence-corrected chi connectivity index (χ0v) is 21.9. The van der Waals surface area contributed by atoms with Crippen molar-refractivity contribution in [2.24, 2.45) is 7.05 Å². The fourth-order valence-electron chi connectivity index (χ4n) is 4.36. The van der Waals surface area contributed by atoms with E-state index in [9.17, 15) is 9.59 Å². The van der Waals surface area contributed by atoms with Gasteiger partial charge in [0.05, 0.1) is 11.3 Å². The zero-order chi connectivity index (χ0) is 26.0. The van der Waals surface area contributed by atoms with E-state index in [4.69, 9.17) is 4.74 Å². The first-order valence-corrected chi connectivity index (χ1v) is 12.3. The second-order valence-corrected chi connectivity index (χ2v) is 10.5. The molecule has 3 N–H and O–H groups in total. The molecule has 9 nitrogen and oxygen atoms in total. The van der Waals surface area contributed by atoms with E-state index in [1.807, 2.05) is 55.1 Å². The SMILES string of the molecule is Cc1cc(C(=O)N2CCC(Oc3cccc(NC(=O)Nc4cc(C(C)(C)C)nn4C)c3)CC2)c(C)[nH]1. The van der Waals surface area contributed by atoms with Crippen LogP contribution in [0, 0.1) is 13.8 Å². The summed E-state index contributed by atoms with van der Waals surface area (Å²) in [6.07, 6.45) is 1.52. The predicted molar refractivity (Wildman–Crippen MR) is 141 cm³/mol. The molecule has 0 saturated carbocycles. The van der Waals surface area contributed by atoms with Crippen LogP contribution in [0.15, 0.2) is 36.4 Å². The summed E-state index contributed by atoms with van der Waals surface area (Å²) in [4.78, 5) is 30.5. The second kappa shape index (κ2) is 10.1. The molecule has 3 heterocycles. The largest absolute Gasteiger partial charge is 0.490 e. The number of aromatic amines is 1. The molecule has 9 heteroatoms. The number of H-pyrrole nitrogens is 1. The lowest BCUT2D eigenvalue weighted by Gasteiger charge is -2.32. The molecule has 0 bridgehead atoms. The van der Waals surface area contributed by atoms with Crippen molar-refractivity contribution >= 4 is 23.4 Å². The number of nitrogens with zero attached hydrogens (tertiary/aromatic N) is 3. The molecule has 1 aromatic carbocycles. The number of aromatic nitrogens is 3. The lowest BCUT2D eigenvalue weighted by Crippen LogP contribution is -2.41. The topological polar surface area (TPSA) is 104 Å². The van der Waals surface area contributed by atoms with Crippen molar-refractivity contribution in [1.29, 1.82) is 0 Å². The van der Waals surface area contributed by atoms with E-state index in [1.165, 1.54) is 0 Å². The molecule has 3 amide bonds. The van der Waals surface area contributed by atoms with Crippen LogP contribution in [0.2, 0.25) is 0 Å². The second-order valence-electron chi connectivity index (χ2n) is 10.5. The maximum absolute atomic E-state index is 12.9. The van der Waals surface area contributed by atoms with E-state index in [-0.39, 0.29) is 23.5 Å². The number of carbonyl (C=O) groups is 2. The molecule has 1 fully saturated rings. The van der Waals surface area contributed by atoms with Crippen LogP contribution >= 0.6 is 0 Å². The molecule has 0 atom stereocenters. The molecule has 36 heavy (non-hydrogen) atoms. The van der Waals surface area contributed by atoms with Gasteiger partial charge in [0.2, 0.25) is 0 Å². The smallest absolute Gasteiger partial charge is 0.324 e. The number of ether oxygens (including phenoxy) is 1. The molecule has 1 aliphatic heterocycles. The zero-order valence-electron chi connectivity index (χ0n) is 21.9. The van der Waals surface area contributed by atoms with Crippen LogP contribution in [0.3, 0.4) is 0 Å². The van der Waals surface area contributed by atoms with Gasteiger partial charge in [0.15, 0.2) is 0 Å². The van der Waals surface area contributed by atoms with Gasteiger partial charge in [-0.3, -0.25) is 14.8 Å². The van der Waals surface area contributed by atoms with E-state index >= 15 is 0 Å². The van der Waals surface area contributed by atoms with Gasteiger partial charge >= 0.3 is 6.03 Å². The first kappa shape index (κ1) is 25.3. The molecular formula is C27H36N6O3. The molecule has 2 aromatic heterocycles. The van der Waals surface area contributed by atoms with Crippen molar-refractivity contribution in [1.82, 2.24) is 19.7 Å². The summed E-state index contributed by atoms with van der Waals surface area (Å²) in [5.74, 6) is 1.37. The summed E-state index contributed by atoms with van der Waals surface area (Å²) in [6.45, 7) is 11.4. The van der Waals surface area contributed by atoms with Crippen molar-refractivity contribution in [3.05, 3.63) is 59.0 Å². The van der Waals surface area contributed by atoms with Crippen LogP contribution in [0.1, 0.15) is 61.1 Å². The third kappa shape index (κ3) is 5.90. The monoisotopic (exact) mass is 492 g/mol. The van der Waals surface area contributed by atoms with Crippen molar-refractivity contribution in [2.45, 2.75) is 59.0 Å². The maximum atomic E-state index is 12.9. The Labute approximate surface area is 212 Å². The van der Waals surface area contributed by atoms with Gasteiger partial charge in [-0.15, -0.1) is 0 Å². The minimum atomic E-state index is -0.349. The van der Waals surface area contributed by atoms with Crippen molar-refractivity contribution in [3.63, 3.8) is 0 Å². The van der Waals surface area contributed by atoms with Crippen LogP contribution in [-0.2, 0) is 12.5 Å². The summed E-state index contributed by atoms with van der Waals surface area (Å²) in [6, 6.07) is 10.8. The average Bonchev–Trinajstić information content (AvgIpc) is 3.35. The molecule has 1 saturated heterocycles. The molecular weight excluding hydrogens is 456 g/mol. The highest BCUT2D eigenvalue weighted by atomic mass is 16.5. The van der Waals surface area contributed by atoms with Crippen molar-refractivity contribution in [3.8, 4) is 5.75 Å². The third-order valence-corrected chi connectivity index (χ3v) is 6.39. The molecule has 4 rings (SSSR count). The third-order valence-electron chi connectivity index (χ3n) is 6.39. The fraction of sp³-hybridized carbons (Fsp3) is 0.444. The van der Waals surface area contributed by atoms with E-state index < -0.39 is 0 Å². The number of amides is 3. The Morgan fingerprint density at radius 1 is 1.08 bits per heavy atom. The Bertz CT molecular complexity index is 1240. The summed E-state index contributed by atoms with van der Waals surface area (Å²) in [7, 11) is 1.80. The number of hydrogen-bond acceptors (Lipinski definition) is 4. The predicted octanol–water partition coefficient (Wildman–Crippen LogP) is 4.99. The highest BCUT2D eigenvalue weighted by Crippen LogP contribution is 2.25. The highest BCUT2D eigenvalue weighted by molar-refractivity contribution is 5.99. The summed E-state index contributed by atoms with van der Waals surface area (Å²) in [5.41, 5.74) is 4.07. The maximum Gasteiger partial charge on any atom is 0.324 e. The standard InChI is InChI=1S/C27H36N6O3/c1-17-14-22(18(2)28-17)25(34)33-12-10-20(11-13-33)36-21-9-7-8-19(15-21)29-26(35)30-24-16-23(27(3,4)5)31-32(24)6/h7-9,14-16,20,28H,10-13H2,1-6H3,(H2,29,30,35). The summed E-state index contributed by atoms with van der Waals surface area (Å²) < 4.78 is 7.85. The molecule has 0 aliphatic carbocycles. The van der Waals surface area contributed by atoms with E-state index in [2.05, 4.69) is 41.5 Å². The van der Waals surface area contributed by atoms with Gasteiger partial charge in [-0.25, -0.2) is 4.79 Å². The van der Waals surface area contributed by atoms with E-state index in [0.717, 1.165) is 35.5 Å². The van der Waals surface area contributed by atoms with Crippen molar-refractivity contribution in [2.75, 3.05) is 23.7 Å². The van der Waals surface area contributed by atoms with Gasteiger partial charge in [-0.2, -0.15) is 5.10 Å². The number of rotatable bonds is 5. The Kier molecular flexibility index (Phi) is 7.10. The molecule has 1 aliphatic rings. The quantitative estimate of drug-likeness (QED) is 0.467. The number of urea groups is 1. The van der Waals surface area contributed by atoms with Gasteiger partial charge < -0.3 is 19.9 Å². The fourth-order valence-corrected chi connectivity index (χ4v) is 4.36. The van der Waals surface area contributed by atoms with Gasteiger partial charge in [-0.05, 0) is 32.0 Å². The van der Waals surface area contributed by atoms with E-state index in [0.29, 0.717) is 30.3 Å². The number of benzene rings is 1. The number of carbonyl (C=O) groups excluding carboxylic acids is 2. The number of hydrogen-bond donors (Lipinski definition) is 3. The Balaban J connectivity index is 1.30. The Morgan fingerprint density at radius 2 is 1.81 bits per heavy atom. The number of aryl methyl sites for hydroxylation is 3. The first-order chi connectivity index (χ1) is 17.0. The number of anilines is 2. The minimum Gasteiger partial charge on any atom is -0.490 e. The number of likely N-dealkylation sites (tertiary alicyclic amines) is 1. The summed E-state index contributed by atoms with van der Waals surface area (Å²) >= 11 is 0. The van der Waals surface area contributed by atoms with Gasteiger partial charge in [0.25, 0.3) is 5.91 Å². The number of piperidine rings is 1. The molecule has 3 aromatic rings. The van der Waals surface area contributed by atoms with Crippen molar-refractivity contribution < 1.29 is 14.3 Å². The minimum absolute atomic E-state index is 0.0115. The first-order valence-electron chi connectivity index (χ1n) is 12.3. The summed E-state index contributed by atoms with van der Waals surface area (Å²) in [5, 5.41) is 10.2. The van der Waals surface area contributed by atoms with Crippen LogP contribution in [-0.4, -0.2) is 50.8 Å². The van der Waals surface area contributed by atoms with Gasteiger partial charge in [-0.1, -0.05) is 26.8 Å². The average molecular weight is 493 g/mol. The Hall–Kier alpha value is -3.75. The van der Waals surface area contributed by atoms with Gasteiger partial charge in [0, 0.05) is 67.6 Å². The van der Waals surface area contributed by atoms with Gasteiger partial charge in [0.1, 0.15) is 17.7 Å². The molecule has 0 spiro atoms. The van der Waals surface area contributed by atoms with E-state index in [1.54, 1.807) is 11.7 Å². The highest BCUT2D eigenvalue weighted by Gasteiger charge is 2.26. The molecule has 0 radical (unpaired) electrons. The lowest BCUT2D eigenvalue weighted by molar-refractivity contribution is 0.0595. The molecule has 0 unspecified atom stereocenters. The van der Waals surface area contributed by atoms with Crippen LogP contribution < -0.4 is 15.4 Å². The normalized spacial score (nSPS) is 14.6. The van der Waals surface area contributed by atoms with Crippen LogP contribution in [0.25, 0.3) is 0 Å². The van der Waals surface area contributed by atoms with Crippen LogP contribution in [0.4, 0.5) is 16.3 Å². The van der Waals surface area contributed by atoms with Crippen LogP contribution in [0.5, 0.6) is 5.75 Å². The number of nitrogens with one attached hydrogen (secondary N) is 3. The lowest BCUT2D eigenvalue weighted by atomic mass is 9.92. The Morgan fingerprint density at radius 3 is 2.42 bits per heavy atom. The molecule has 192 valence electrons.